The van der Waals surface area contributed by atoms with E-state index >= 15 is 0 Å². The Kier molecular flexibility index (Phi) is 2.30. The second-order valence-corrected chi connectivity index (χ2v) is 5.18. The molecule has 0 aliphatic heterocycles. The summed E-state index contributed by atoms with van der Waals surface area (Å²) in [6, 6.07) is 0. The number of carbonyl (C=O) groups is 1. The lowest BCUT2D eigenvalue weighted by Gasteiger charge is -2.59. The summed E-state index contributed by atoms with van der Waals surface area (Å²) in [5, 5.41) is 8.55. The molecule has 3 fully saturated rings. The fourth-order valence-electron chi connectivity index (χ4n) is 3.12. The molecule has 3 aliphatic rings. The number of aliphatic carboxylic acids is 1. The van der Waals surface area contributed by atoms with Gasteiger partial charge in [-0.05, 0) is 36.5 Å². The molecule has 14 heavy (non-hydrogen) atoms. The molecule has 0 heterocycles. The normalized spacial score (nSPS) is 38.9. The Morgan fingerprint density at radius 3 is 2.71 bits per heavy atom. The molecule has 0 saturated heterocycles. The lowest BCUT2D eigenvalue weighted by atomic mass is 9.48. The number of ether oxygens (including phenoxy) is 1. The van der Waals surface area contributed by atoms with Crippen LogP contribution in [0, 0.1) is 17.3 Å². The molecule has 3 atom stereocenters. The summed E-state index contributed by atoms with van der Waals surface area (Å²) in [6.45, 7) is 4.42. The van der Waals surface area contributed by atoms with Crippen LogP contribution in [0.2, 0.25) is 0 Å². The Bertz CT molecular complexity index is 245. The molecule has 2 bridgehead atoms. The highest BCUT2D eigenvalue weighted by Gasteiger charge is 2.54. The molecule has 0 aromatic heterocycles. The molecule has 3 heteroatoms. The summed E-state index contributed by atoms with van der Waals surface area (Å²) in [4.78, 5) is 10.4. The van der Waals surface area contributed by atoms with Crippen molar-refractivity contribution < 1.29 is 14.6 Å². The SMILES string of the molecule is CC1(C)C2CCC(OCC(=O)O)C1C2. The minimum atomic E-state index is -0.857. The average Bonchev–Trinajstić information content (AvgIpc) is 2.14. The van der Waals surface area contributed by atoms with Crippen molar-refractivity contribution in [2.75, 3.05) is 6.61 Å². The van der Waals surface area contributed by atoms with Gasteiger partial charge in [-0.3, -0.25) is 0 Å². The summed E-state index contributed by atoms with van der Waals surface area (Å²) in [5.74, 6) is 0.571. The van der Waals surface area contributed by atoms with Gasteiger partial charge in [0.15, 0.2) is 0 Å². The molecule has 3 nitrogen and oxygen atoms in total. The molecular formula is C11H18O3. The summed E-state index contributed by atoms with van der Waals surface area (Å²) >= 11 is 0. The second-order valence-electron chi connectivity index (χ2n) is 5.18. The fourth-order valence-corrected chi connectivity index (χ4v) is 3.12. The van der Waals surface area contributed by atoms with Gasteiger partial charge in [-0.2, -0.15) is 0 Å². The van der Waals surface area contributed by atoms with Crippen molar-refractivity contribution in [3.63, 3.8) is 0 Å². The highest BCUT2D eigenvalue weighted by atomic mass is 16.5. The average molecular weight is 198 g/mol. The van der Waals surface area contributed by atoms with E-state index in [1.807, 2.05) is 0 Å². The predicted octanol–water partition coefficient (Wildman–Crippen LogP) is 1.91. The minimum absolute atomic E-state index is 0.137. The van der Waals surface area contributed by atoms with Crippen LogP contribution in [0.4, 0.5) is 0 Å². The Hall–Kier alpha value is -0.570. The second kappa shape index (κ2) is 3.23. The topological polar surface area (TPSA) is 46.5 Å². The van der Waals surface area contributed by atoms with Gasteiger partial charge in [0.05, 0.1) is 6.10 Å². The molecule has 80 valence electrons. The van der Waals surface area contributed by atoms with Gasteiger partial charge in [0, 0.05) is 0 Å². The van der Waals surface area contributed by atoms with E-state index in [2.05, 4.69) is 13.8 Å². The van der Waals surface area contributed by atoms with E-state index in [4.69, 9.17) is 9.84 Å². The van der Waals surface area contributed by atoms with E-state index in [1.54, 1.807) is 0 Å². The molecule has 3 aliphatic carbocycles. The lowest BCUT2D eigenvalue weighted by molar-refractivity contribution is -0.174. The first-order chi connectivity index (χ1) is 6.51. The van der Waals surface area contributed by atoms with Crippen LogP contribution in [0.3, 0.4) is 0 Å². The van der Waals surface area contributed by atoms with E-state index in [1.165, 1.54) is 12.8 Å². The summed E-state index contributed by atoms with van der Waals surface area (Å²) in [5.41, 5.74) is 0.376. The van der Waals surface area contributed by atoms with Gasteiger partial charge in [-0.15, -0.1) is 0 Å². The summed E-state index contributed by atoms with van der Waals surface area (Å²) in [6.07, 6.45) is 3.67. The fraction of sp³-hybridized carbons (Fsp3) is 0.909. The zero-order valence-corrected chi connectivity index (χ0v) is 8.82. The van der Waals surface area contributed by atoms with E-state index in [-0.39, 0.29) is 12.7 Å². The Labute approximate surface area is 84.4 Å². The van der Waals surface area contributed by atoms with Crippen LogP contribution in [-0.4, -0.2) is 23.8 Å². The van der Waals surface area contributed by atoms with Crippen molar-refractivity contribution >= 4 is 5.97 Å². The number of carboxylic acid groups (broad SMARTS) is 1. The quantitative estimate of drug-likeness (QED) is 0.753. The van der Waals surface area contributed by atoms with Crippen LogP contribution in [0.15, 0.2) is 0 Å². The smallest absolute Gasteiger partial charge is 0.329 e. The van der Waals surface area contributed by atoms with Crippen molar-refractivity contribution in [2.45, 2.75) is 39.2 Å². The number of carboxylic acids is 1. The Morgan fingerprint density at radius 1 is 1.50 bits per heavy atom. The first kappa shape index (κ1) is 9.97. The monoisotopic (exact) mass is 198 g/mol. The first-order valence-corrected chi connectivity index (χ1v) is 5.35. The number of hydrogen-bond donors (Lipinski definition) is 1. The van der Waals surface area contributed by atoms with Gasteiger partial charge < -0.3 is 9.84 Å². The third-order valence-corrected chi connectivity index (χ3v) is 4.22. The van der Waals surface area contributed by atoms with Gasteiger partial charge >= 0.3 is 5.97 Å². The van der Waals surface area contributed by atoms with Crippen molar-refractivity contribution in [3.8, 4) is 0 Å². The highest BCUT2D eigenvalue weighted by Crippen LogP contribution is 2.59. The molecule has 0 radical (unpaired) electrons. The van der Waals surface area contributed by atoms with Gasteiger partial charge in [-0.25, -0.2) is 4.79 Å². The maximum absolute atomic E-state index is 10.4. The van der Waals surface area contributed by atoms with E-state index in [0.29, 0.717) is 11.3 Å². The van der Waals surface area contributed by atoms with Gasteiger partial charge in [-0.1, -0.05) is 13.8 Å². The molecule has 3 rings (SSSR count). The Morgan fingerprint density at radius 2 is 2.21 bits per heavy atom. The van der Waals surface area contributed by atoms with Crippen LogP contribution in [0.25, 0.3) is 0 Å². The van der Waals surface area contributed by atoms with Crippen molar-refractivity contribution in [1.82, 2.24) is 0 Å². The zero-order chi connectivity index (χ0) is 10.3. The largest absolute Gasteiger partial charge is 0.480 e. The molecule has 0 amide bonds. The van der Waals surface area contributed by atoms with Crippen molar-refractivity contribution in [3.05, 3.63) is 0 Å². The molecule has 0 spiro atoms. The number of rotatable bonds is 3. The molecule has 3 saturated carbocycles. The van der Waals surface area contributed by atoms with Crippen LogP contribution < -0.4 is 0 Å². The van der Waals surface area contributed by atoms with Gasteiger partial charge in [0.1, 0.15) is 6.61 Å². The van der Waals surface area contributed by atoms with Crippen molar-refractivity contribution in [1.29, 1.82) is 0 Å². The first-order valence-electron chi connectivity index (χ1n) is 5.35. The number of hydrogen-bond acceptors (Lipinski definition) is 2. The molecule has 0 aromatic carbocycles. The maximum Gasteiger partial charge on any atom is 0.329 e. The lowest BCUT2D eigenvalue weighted by Crippen LogP contribution is -2.55. The van der Waals surface area contributed by atoms with E-state index in [9.17, 15) is 4.79 Å². The standard InChI is InChI=1S/C11H18O3/c1-11(2)7-3-4-9(8(11)5-7)14-6-10(12)13/h7-9H,3-6H2,1-2H3,(H,12,13). The highest BCUT2D eigenvalue weighted by molar-refractivity contribution is 5.68. The van der Waals surface area contributed by atoms with Crippen molar-refractivity contribution in [2.24, 2.45) is 17.3 Å². The summed E-state index contributed by atoms with van der Waals surface area (Å²) < 4.78 is 5.43. The van der Waals surface area contributed by atoms with Crippen LogP contribution >= 0.6 is 0 Å². The third-order valence-electron chi connectivity index (χ3n) is 4.22. The summed E-state index contributed by atoms with van der Waals surface area (Å²) in [7, 11) is 0. The molecule has 0 aromatic rings. The molecular weight excluding hydrogens is 180 g/mol. The molecule has 1 N–H and O–H groups in total. The van der Waals surface area contributed by atoms with Crippen LogP contribution in [0.5, 0.6) is 0 Å². The zero-order valence-electron chi connectivity index (χ0n) is 8.82. The van der Waals surface area contributed by atoms with E-state index in [0.717, 1.165) is 12.3 Å². The number of fused-ring (bicyclic) bond motifs is 2. The Balaban J connectivity index is 1.91. The van der Waals surface area contributed by atoms with Gasteiger partial charge in [0.25, 0.3) is 0 Å². The minimum Gasteiger partial charge on any atom is -0.480 e. The maximum atomic E-state index is 10.4. The van der Waals surface area contributed by atoms with Crippen LogP contribution in [-0.2, 0) is 9.53 Å². The predicted molar refractivity (Wildman–Crippen MR) is 52.0 cm³/mol. The van der Waals surface area contributed by atoms with Crippen LogP contribution in [0.1, 0.15) is 33.1 Å². The third kappa shape index (κ3) is 1.44. The van der Waals surface area contributed by atoms with E-state index < -0.39 is 5.97 Å². The van der Waals surface area contributed by atoms with Gasteiger partial charge in [0.2, 0.25) is 0 Å². The molecule has 3 unspecified atom stereocenters.